The third kappa shape index (κ3) is 6.11. The number of esters is 1. The summed E-state index contributed by atoms with van der Waals surface area (Å²) in [5, 5.41) is 0. The van der Waals surface area contributed by atoms with Gasteiger partial charge in [0.2, 0.25) is 0 Å². The van der Waals surface area contributed by atoms with Crippen molar-refractivity contribution in [3.8, 4) is 5.75 Å². The lowest BCUT2D eigenvalue weighted by atomic mass is 10.2. The maximum absolute atomic E-state index is 12.0. The Hall–Kier alpha value is -1.73. The summed E-state index contributed by atoms with van der Waals surface area (Å²) < 4.78 is 44.3. The zero-order valence-corrected chi connectivity index (χ0v) is 12.9. The van der Waals surface area contributed by atoms with Crippen LogP contribution in [-0.4, -0.2) is 38.0 Å². The van der Waals surface area contributed by atoms with Crippen molar-refractivity contribution in [1.82, 2.24) is 0 Å². The van der Waals surface area contributed by atoms with E-state index in [1.807, 2.05) is 0 Å². The van der Waals surface area contributed by atoms with Gasteiger partial charge in [-0.05, 0) is 37.5 Å². The third-order valence-corrected chi connectivity index (χ3v) is 3.42. The molecule has 2 rings (SSSR count). The van der Waals surface area contributed by atoms with E-state index < -0.39 is 18.7 Å². The van der Waals surface area contributed by atoms with Gasteiger partial charge in [-0.1, -0.05) is 12.1 Å². The summed E-state index contributed by atoms with van der Waals surface area (Å²) in [4.78, 5) is 11.8. The second kappa shape index (κ2) is 8.79. The first-order chi connectivity index (χ1) is 11.0. The van der Waals surface area contributed by atoms with Crippen LogP contribution in [-0.2, 0) is 25.6 Å². The Labute approximate surface area is 133 Å². The van der Waals surface area contributed by atoms with Gasteiger partial charge in [0.1, 0.15) is 12.4 Å². The van der Waals surface area contributed by atoms with Crippen molar-refractivity contribution in [1.29, 1.82) is 0 Å². The van der Waals surface area contributed by atoms with Crippen LogP contribution in [0.15, 0.2) is 24.3 Å². The van der Waals surface area contributed by atoms with Gasteiger partial charge >= 0.3 is 12.6 Å². The molecule has 0 bridgehead atoms. The minimum Gasteiger partial charge on any atom is -0.459 e. The van der Waals surface area contributed by atoms with Gasteiger partial charge in [-0.2, -0.15) is 8.78 Å². The van der Waals surface area contributed by atoms with Crippen LogP contribution in [0.1, 0.15) is 25.3 Å². The van der Waals surface area contributed by atoms with E-state index >= 15 is 0 Å². The first-order valence-corrected chi connectivity index (χ1v) is 7.48. The van der Waals surface area contributed by atoms with Gasteiger partial charge in [0, 0.05) is 6.61 Å². The van der Waals surface area contributed by atoms with Crippen LogP contribution in [0.5, 0.6) is 5.75 Å². The molecule has 1 heterocycles. The standard InChI is InChI=1S/C16H20F2O5/c1-11(21-10-14-3-2-8-20-14)15(19)22-9-12-4-6-13(7-5-12)23-16(17)18/h4-7,11,14,16H,2-3,8-10H2,1H3. The van der Waals surface area contributed by atoms with E-state index in [1.54, 1.807) is 19.1 Å². The number of alkyl halides is 2. The number of carbonyl (C=O) groups is 1. The molecule has 5 nitrogen and oxygen atoms in total. The Bertz CT molecular complexity index is 486. The second-order valence-electron chi connectivity index (χ2n) is 5.24. The molecule has 0 radical (unpaired) electrons. The normalized spacial score (nSPS) is 18.9. The number of benzene rings is 1. The van der Waals surface area contributed by atoms with Crippen LogP contribution in [0.25, 0.3) is 0 Å². The van der Waals surface area contributed by atoms with Crippen molar-refractivity contribution in [3.63, 3.8) is 0 Å². The fourth-order valence-electron chi connectivity index (χ4n) is 2.13. The molecule has 1 saturated heterocycles. The molecule has 0 aromatic heterocycles. The van der Waals surface area contributed by atoms with Crippen LogP contribution < -0.4 is 4.74 Å². The molecule has 2 atom stereocenters. The first-order valence-electron chi connectivity index (χ1n) is 7.48. The van der Waals surface area contributed by atoms with E-state index in [0.29, 0.717) is 12.2 Å². The van der Waals surface area contributed by atoms with Crippen LogP contribution in [0, 0.1) is 0 Å². The average molecular weight is 330 g/mol. The lowest BCUT2D eigenvalue weighted by Crippen LogP contribution is -2.27. The van der Waals surface area contributed by atoms with E-state index in [4.69, 9.17) is 14.2 Å². The molecule has 23 heavy (non-hydrogen) atoms. The van der Waals surface area contributed by atoms with E-state index in [-0.39, 0.29) is 18.5 Å². The van der Waals surface area contributed by atoms with Crippen molar-refractivity contribution < 1.29 is 32.5 Å². The molecule has 1 aromatic rings. The highest BCUT2D eigenvalue weighted by atomic mass is 19.3. The summed E-state index contributed by atoms with van der Waals surface area (Å²) >= 11 is 0. The number of carbonyl (C=O) groups excluding carboxylic acids is 1. The summed E-state index contributed by atoms with van der Waals surface area (Å²) in [6.45, 7) is -0.0905. The van der Waals surface area contributed by atoms with Crippen LogP contribution >= 0.6 is 0 Å². The van der Waals surface area contributed by atoms with E-state index in [9.17, 15) is 13.6 Å². The van der Waals surface area contributed by atoms with E-state index in [1.165, 1.54) is 12.1 Å². The fraction of sp³-hybridized carbons (Fsp3) is 0.562. The first kappa shape index (κ1) is 17.6. The zero-order valence-electron chi connectivity index (χ0n) is 12.9. The lowest BCUT2D eigenvalue weighted by Gasteiger charge is -2.15. The van der Waals surface area contributed by atoms with Crippen molar-refractivity contribution in [2.75, 3.05) is 13.2 Å². The maximum atomic E-state index is 12.0. The van der Waals surface area contributed by atoms with Crippen LogP contribution in [0.2, 0.25) is 0 Å². The molecule has 7 heteroatoms. The number of rotatable bonds is 8. The smallest absolute Gasteiger partial charge is 0.387 e. The molecule has 0 spiro atoms. The molecule has 2 unspecified atom stereocenters. The number of hydrogen-bond donors (Lipinski definition) is 0. The molecule has 1 fully saturated rings. The molecule has 128 valence electrons. The zero-order chi connectivity index (χ0) is 16.7. The Morgan fingerprint density at radius 1 is 1.35 bits per heavy atom. The monoisotopic (exact) mass is 330 g/mol. The minimum atomic E-state index is -2.86. The molecule has 1 aliphatic rings. The fourth-order valence-corrected chi connectivity index (χ4v) is 2.13. The average Bonchev–Trinajstić information content (AvgIpc) is 3.04. The molecule has 1 aromatic carbocycles. The van der Waals surface area contributed by atoms with Gasteiger partial charge in [-0.25, -0.2) is 4.79 Å². The summed E-state index contributed by atoms with van der Waals surface area (Å²) in [7, 11) is 0. The van der Waals surface area contributed by atoms with Crippen LogP contribution in [0.4, 0.5) is 8.78 Å². The highest BCUT2D eigenvalue weighted by Gasteiger charge is 2.20. The molecule has 0 amide bonds. The summed E-state index contributed by atoms with van der Waals surface area (Å²) in [6, 6.07) is 5.91. The van der Waals surface area contributed by atoms with Crippen molar-refractivity contribution in [2.24, 2.45) is 0 Å². The Balaban J connectivity index is 1.70. The second-order valence-corrected chi connectivity index (χ2v) is 5.24. The van der Waals surface area contributed by atoms with Gasteiger partial charge in [-0.15, -0.1) is 0 Å². The summed E-state index contributed by atoms with van der Waals surface area (Å²) in [6.07, 6.45) is 1.32. The van der Waals surface area contributed by atoms with Crippen molar-refractivity contribution >= 4 is 5.97 Å². The van der Waals surface area contributed by atoms with Gasteiger partial charge in [0.15, 0.2) is 6.10 Å². The Kier molecular flexibility index (Phi) is 6.73. The van der Waals surface area contributed by atoms with E-state index in [0.717, 1.165) is 19.4 Å². The predicted octanol–water partition coefficient (Wildman–Crippen LogP) is 2.92. The highest BCUT2D eigenvalue weighted by Crippen LogP contribution is 2.16. The molecule has 0 N–H and O–H groups in total. The Morgan fingerprint density at radius 2 is 2.09 bits per heavy atom. The number of hydrogen-bond acceptors (Lipinski definition) is 5. The summed E-state index contributed by atoms with van der Waals surface area (Å²) in [5.41, 5.74) is 0.672. The molecule has 0 saturated carbocycles. The predicted molar refractivity (Wildman–Crippen MR) is 77.3 cm³/mol. The third-order valence-electron chi connectivity index (χ3n) is 3.42. The van der Waals surface area contributed by atoms with Gasteiger partial charge in [0.05, 0.1) is 12.7 Å². The van der Waals surface area contributed by atoms with Crippen LogP contribution in [0.3, 0.4) is 0 Å². The minimum absolute atomic E-state index is 0.0431. The molecule has 1 aliphatic heterocycles. The maximum Gasteiger partial charge on any atom is 0.387 e. The Morgan fingerprint density at radius 3 is 2.70 bits per heavy atom. The quantitative estimate of drug-likeness (QED) is 0.686. The SMILES string of the molecule is CC(OCC1CCCO1)C(=O)OCc1ccc(OC(F)F)cc1. The highest BCUT2D eigenvalue weighted by molar-refractivity contribution is 5.74. The van der Waals surface area contributed by atoms with Gasteiger partial charge in [0.25, 0.3) is 0 Å². The topological polar surface area (TPSA) is 54.0 Å². The summed E-state index contributed by atoms with van der Waals surface area (Å²) in [5.74, 6) is -0.417. The van der Waals surface area contributed by atoms with Gasteiger partial charge in [-0.3, -0.25) is 0 Å². The lowest BCUT2D eigenvalue weighted by molar-refractivity contribution is -0.159. The van der Waals surface area contributed by atoms with E-state index in [2.05, 4.69) is 4.74 Å². The number of ether oxygens (including phenoxy) is 4. The molecular formula is C16H20F2O5. The molecular weight excluding hydrogens is 310 g/mol. The number of halogens is 2. The van der Waals surface area contributed by atoms with Gasteiger partial charge < -0.3 is 18.9 Å². The van der Waals surface area contributed by atoms with Crippen molar-refractivity contribution in [2.45, 2.75) is 45.2 Å². The van der Waals surface area contributed by atoms with Crippen molar-refractivity contribution in [3.05, 3.63) is 29.8 Å². The largest absolute Gasteiger partial charge is 0.459 e. The molecule has 0 aliphatic carbocycles.